The van der Waals surface area contributed by atoms with Gasteiger partial charge < -0.3 is 4.90 Å². The van der Waals surface area contributed by atoms with Crippen LogP contribution in [0.5, 0.6) is 0 Å². The van der Waals surface area contributed by atoms with Crippen LogP contribution >= 0.6 is 27.3 Å². The van der Waals surface area contributed by atoms with Gasteiger partial charge in [-0.3, -0.25) is 4.79 Å². The molecular weight excluding hydrogens is 300 g/mol. The molecule has 1 aromatic rings. The Balaban J connectivity index is 2.18. The number of amides is 1. The van der Waals surface area contributed by atoms with Crippen molar-refractivity contribution >= 4 is 33.2 Å². The van der Waals surface area contributed by atoms with Crippen molar-refractivity contribution < 1.29 is 4.79 Å². The fourth-order valence-corrected chi connectivity index (χ4v) is 3.67. The van der Waals surface area contributed by atoms with Crippen molar-refractivity contribution in [2.45, 2.75) is 38.6 Å². The largest absolute Gasteiger partial charge is 0.334 e. The molecule has 0 bridgehead atoms. The summed E-state index contributed by atoms with van der Waals surface area (Å²) in [4.78, 5) is 19.5. The molecule has 1 fully saturated rings. The highest BCUT2D eigenvalue weighted by Crippen LogP contribution is 2.23. The Labute approximate surface area is 114 Å². The summed E-state index contributed by atoms with van der Waals surface area (Å²) in [7, 11) is 0. The standard InChI is InChI=1S/C12H17BrN2OS/c1-9-11(17-8-14-9)12(16)15-6-4-2-3-5-10(15)7-13/h8,10H,2-7H2,1H3. The van der Waals surface area contributed by atoms with Crippen LogP contribution in [0.25, 0.3) is 0 Å². The highest BCUT2D eigenvalue weighted by atomic mass is 79.9. The van der Waals surface area contributed by atoms with Crippen LogP contribution in [0.4, 0.5) is 0 Å². The van der Waals surface area contributed by atoms with Crippen LogP contribution in [-0.2, 0) is 0 Å². The van der Waals surface area contributed by atoms with Crippen molar-refractivity contribution in [3.8, 4) is 0 Å². The lowest BCUT2D eigenvalue weighted by molar-refractivity contribution is 0.0706. The maximum atomic E-state index is 12.5. The van der Waals surface area contributed by atoms with E-state index in [0.717, 1.165) is 35.3 Å². The first-order chi connectivity index (χ1) is 8.24. The van der Waals surface area contributed by atoms with E-state index in [2.05, 4.69) is 20.9 Å². The molecular formula is C12H17BrN2OS. The number of rotatable bonds is 2. The number of aromatic nitrogens is 1. The molecule has 2 rings (SSSR count). The van der Waals surface area contributed by atoms with Gasteiger partial charge in [0.25, 0.3) is 5.91 Å². The van der Waals surface area contributed by atoms with Gasteiger partial charge in [0, 0.05) is 17.9 Å². The third-order valence-electron chi connectivity index (χ3n) is 3.26. The molecule has 17 heavy (non-hydrogen) atoms. The summed E-state index contributed by atoms with van der Waals surface area (Å²) in [5, 5.41) is 0.872. The van der Waals surface area contributed by atoms with Gasteiger partial charge >= 0.3 is 0 Å². The van der Waals surface area contributed by atoms with Gasteiger partial charge in [0.15, 0.2) is 0 Å². The molecule has 0 saturated carbocycles. The molecule has 1 unspecified atom stereocenters. The number of hydrogen-bond acceptors (Lipinski definition) is 3. The van der Waals surface area contributed by atoms with E-state index in [9.17, 15) is 4.79 Å². The van der Waals surface area contributed by atoms with Crippen molar-refractivity contribution in [2.75, 3.05) is 11.9 Å². The number of carbonyl (C=O) groups is 1. The molecule has 2 heterocycles. The van der Waals surface area contributed by atoms with Crippen molar-refractivity contribution in [2.24, 2.45) is 0 Å². The fraction of sp³-hybridized carbons (Fsp3) is 0.667. The van der Waals surface area contributed by atoms with Gasteiger partial charge in [-0.15, -0.1) is 11.3 Å². The minimum atomic E-state index is 0.163. The molecule has 0 spiro atoms. The topological polar surface area (TPSA) is 33.2 Å². The smallest absolute Gasteiger partial charge is 0.266 e. The van der Waals surface area contributed by atoms with Crippen LogP contribution in [-0.4, -0.2) is 33.7 Å². The second-order valence-corrected chi connectivity index (χ2v) is 5.93. The number of halogens is 1. The first-order valence-electron chi connectivity index (χ1n) is 6.01. The minimum absolute atomic E-state index is 0.163. The number of alkyl halides is 1. The highest BCUT2D eigenvalue weighted by molar-refractivity contribution is 9.09. The van der Waals surface area contributed by atoms with Crippen LogP contribution < -0.4 is 0 Å². The Bertz CT molecular complexity index is 394. The predicted molar refractivity (Wildman–Crippen MR) is 73.9 cm³/mol. The molecule has 0 N–H and O–H groups in total. The van der Waals surface area contributed by atoms with Gasteiger partial charge in [-0.2, -0.15) is 0 Å². The van der Waals surface area contributed by atoms with Crippen LogP contribution in [0.15, 0.2) is 5.51 Å². The molecule has 1 aliphatic heterocycles. The van der Waals surface area contributed by atoms with Gasteiger partial charge in [-0.1, -0.05) is 28.8 Å². The molecule has 3 nitrogen and oxygen atoms in total. The summed E-state index contributed by atoms with van der Waals surface area (Å²) < 4.78 is 0. The normalized spacial score (nSPS) is 21.3. The average molecular weight is 317 g/mol. The number of thiazole rings is 1. The molecule has 5 heteroatoms. The number of likely N-dealkylation sites (tertiary alicyclic amines) is 1. The van der Waals surface area contributed by atoms with Crippen molar-refractivity contribution in [1.82, 2.24) is 9.88 Å². The first kappa shape index (κ1) is 13.0. The Morgan fingerprint density at radius 3 is 3.06 bits per heavy atom. The van der Waals surface area contributed by atoms with E-state index >= 15 is 0 Å². The number of aryl methyl sites for hydroxylation is 1. The Kier molecular flexibility index (Phi) is 4.56. The van der Waals surface area contributed by atoms with E-state index in [1.54, 1.807) is 5.51 Å². The van der Waals surface area contributed by atoms with Crippen LogP contribution in [0.1, 0.15) is 41.0 Å². The van der Waals surface area contributed by atoms with Crippen LogP contribution in [0, 0.1) is 6.92 Å². The monoisotopic (exact) mass is 316 g/mol. The Hall–Kier alpha value is -0.420. The summed E-state index contributed by atoms with van der Waals surface area (Å²) in [6.45, 7) is 2.79. The quantitative estimate of drug-likeness (QED) is 0.785. The van der Waals surface area contributed by atoms with E-state index in [1.165, 1.54) is 24.2 Å². The average Bonchev–Trinajstić information content (AvgIpc) is 2.64. The van der Waals surface area contributed by atoms with Gasteiger partial charge in [-0.05, 0) is 19.8 Å². The molecule has 0 aliphatic carbocycles. The van der Waals surface area contributed by atoms with Gasteiger partial charge in [0.05, 0.1) is 11.2 Å². The molecule has 0 aromatic carbocycles. The van der Waals surface area contributed by atoms with Crippen LogP contribution in [0.2, 0.25) is 0 Å². The van der Waals surface area contributed by atoms with Crippen molar-refractivity contribution in [1.29, 1.82) is 0 Å². The molecule has 1 aromatic heterocycles. The van der Waals surface area contributed by atoms with E-state index in [4.69, 9.17) is 0 Å². The lowest BCUT2D eigenvalue weighted by atomic mass is 10.1. The lowest BCUT2D eigenvalue weighted by Gasteiger charge is -2.28. The minimum Gasteiger partial charge on any atom is -0.334 e. The molecule has 94 valence electrons. The summed E-state index contributed by atoms with van der Waals surface area (Å²) in [6, 6.07) is 0.339. The zero-order valence-corrected chi connectivity index (χ0v) is 12.4. The summed E-state index contributed by atoms with van der Waals surface area (Å²) in [5.41, 5.74) is 2.61. The second kappa shape index (κ2) is 5.96. The highest BCUT2D eigenvalue weighted by Gasteiger charge is 2.27. The van der Waals surface area contributed by atoms with E-state index < -0.39 is 0 Å². The molecule has 1 aliphatic rings. The van der Waals surface area contributed by atoms with Gasteiger partial charge in [0.1, 0.15) is 4.88 Å². The summed E-state index contributed by atoms with van der Waals surface area (Å²) >= 11 is 4.98. The Morgan fingerprint density at radius 1 is 1.59 bits per heavy atom. The molecule has 0 radical (unpaired) electrons. The summed E-state index contributed by atoms with van der Waals surface area (Å²) in [6.07, 6.45) is 4.68. The maximum absolute atomic E-state index is 12.5. The third-order valence-corrected chi connectivity index (χ3v) is 4.92. The fourth-order valence-electron chi connectivity index (χ4n) is 2.24. The van der Waals surface area contributed by atoms with Crippen LogP contribution in [0.3, 0.4) is 0 Å². The predicted octanol–water partition coefficient (Wildman–Crippen LogP) is 3.23. The van der Waals surface area contributed by atoms with Crippen molar-refractivity contribution in [3.63, 3.8) is 0 Å². The second-order valence-electron chi connectivity index (χ2n) is 4.42. The number of nitrogens with zero attached hydrogens (tertiary/aromatic N) is 2. The Morgan fingerprint density at radius 2 is 2.41 bits per heavy atom. The number of carbonyl (C=O) groups excluding carboxylic acids is 1. The van der Waals surface area contributed by atoms with Crippen molar-refractivity contribution in [3.05, 3.63) is 16.1 Å². The molecule has 1 atom stereocenters. The third kappa shape index (κ3) is 2.88. The van der Waals surface area contributed by atoms with E-state index in [-0.39, 0.29) is 5.91 Å². The maximum Gasteiger partial charge on any atom is 0.266 e. The number of hydrogen-bond donors (Lipinski definition) is 0. The molecule has 1 saturated heterocycles. The summed E-state index contributed by atoms with van der Waals surface area (Å²) in [5.74, 6) is 0.163. The van der Waals surface area contributed by atoms with E-state index in [0.29, 0.717) is 6.04 Å². The van der Waals surface area contributed by atoms with Gasteiger partial charge in [-0.25, -0.2) is 4.98 Å². The zero-order valence-electron chi connectivity index (χ0n) is 9.99. The van der Waals surface area contributed by atoms with E-state index in [1.807, 2.05) is 11.8 Å². The molecule has 1 amide bonds. The SMILES string of the molecule is Cc1ncsc1C(=O)N1CCCCCC1CBr. The lowest BCUT2D eigenvalue weighted by Crippen LogP contribution is -2.40. The first-order valence-corrected chi connectivity index (χ1v) is 8.01. The van der Waals surface area contributed by atoms with Gasteiger partial charge in [0.2, 0.25) is 0 Å². The zero-order chi connectivity index (χ0) is 12.3.